The summed E-state index contributed by atoms with van der Waals surface area (Å²) in [5, 5.41) is 3.59. The zero-order chi connectivity index (χ0) is 12.2. The minimum atomic E-state index is 0.631. The molecule has 2 atom stereocenters. The van der Waals surface area contributed by atoms with Crippen LogP contribution in [0.4, 0.5) is 0 Å². The Bertz CT molecular complexity index is 142. The molecule has 0 aliphatic heterocycles. The number of nitrogens with one attached hydrogen (secondary N) is 1. The van der Waals surface area contributed by atoms with E-state index in [0.29, 0.717) is 25.2 Å². The lowest BCUT2D eigenvalue weighted by molar-refractivity contribution is 0.0621. The summed E-state index contributed by atoms with van der Waals surface area (Å²) in [7, 11) is 1.70. The van der Waals surface area contributed by atoms with Crippen LogP contribution in [-0.4, -0.2) is 39.5 Å². The van der Waals surface area contributed by atoms with Crippen LogP contribution < -0.4 is 5.32 Å². The number of hydrogen-bond acceptors (Lipinski definition) is 3. The van der Waals surface area contributed by atoms with Gasteiger partial charge in [0.05, 0.1) is 13.2 Å². The molecule has 0 aromatic heterocycles. The highest BCUT2D eigenvalue weighted by atomic mass is 16.5. The van der Waals surface area contributed by atoms with Gasteiger partial charge >= 0.3 is 0 Å². The molecule has 98 valence electrons. The van der Waals surface area contributed by atoms with Gasteiger partial charge in [-0.25, -0.2) is 0 Å². The molecule has 3 nitrogen and oxygen atoms in total. The topological polar surface area (TPSA) is 30.5 Å². The lowest BCUT2D eigenvalue weighted by Crippen LogP contribution is -2.35. The Morgan fingerprint density at radius 2 is 1.88 bits per heavy atom. The van der Waals surface area contributed by atoms with Crippen molar-refractivity contribution in [3.05, 3.63) is 0 Å². The number of ether oxygens (including phenoxy) is 2. The molecule has 1 N–H and O–H groups in total. The minimum absolute atomic E-state index is 0.631. The van der Waals surface area contributed by atoms with Gasteiger partial charge in [0, 0.05) is 19.8 Å². The molecule has 0 rings (SSSR count). The smallest absolute Gasteiger partial charge is 0.0700 e. The van der Waals surface area contributed by atoms with E-state index in [2.05, 4.69) is 26.1 Å². The molecule has 0 saturated heterocycles. The predicted molar refractivity (Wildman–Crippen MR) is 68.8 cm³/mol. The van der Waals surface area contributed by atoms with E-state index in [1.807, 2.05) is 0 Å². The number of methoxy groups -OCH3 is 1. The van der Waals surface area contributed by atoms with Crippen LogP contribution in [0.25, 0.3) is 0 Å². The summed E-state index contributed by atoms with van der Waals surface area (Å²) < 4.78 is 10.4. The zero-order valence-corrected chi connectivity index (χ0v) is 11.4. The summed E-state index contributed by atoms with van der Waals surface area (Å²) in [4.78, 5) is 0. The summed E-state index contributed by atoms with van der Waals surface area (Å²) in [6.07, 6.45) is 3.52. The highest BCUT2D eigenvalue weighted by molar-refractivity contribution is 4.71. The van der Waals surface area contributed by atoms with E-state index in [9.17, 15) is 0 Å². The van der Waals surface area contributed by atoms with Crippen LogP contribution in [-0.2, 0) is 9.47 Å². The highest BCUT2D eigenvalue weighted by Crippen LogP contribution is 2.11. The number of rotatable bonds is 11. The molecule has 0 aromatic rings. The van der Waals surface area contributed by atoms with Crippen LogP contribution >= 0.6 is 0 Å². The van der Waals surface area contributed by atoms with Crippen LogP contribution in [0.3, 0.4) is 0 Å². The van der Waals surface area contributed by atoms with Gasteiger partial charge in [-0.05, 0) is 31.7 Å². The van der Waals surface area contributed by atoms with Crippen molar-refractivity contribution in [3.63, 3.8) is 0 Å². The third-order valence-electron chi connectivity index (χ3n) is 2.93. The van der Waals surface area contributed by atoms with E-state index in [4.69, 9.17) is 9.47 Å². The second-order valence-corrected chi connectivity index (χ2v) is 4.34. The van der Waals surface area contributed by atoms with Gasteiger partial charge < -0.3 is 14.8 Å². The molecule has 0 aromatic carbocycles. The van der Waals surface area contributed by atoms with Crippen LogP contribution in [0.15, 0.2) is 0 Å². The van der Waals surface area contributed by atoms with Crippen LogP contribution in [0.2, 0.25) is 0 Å². The Hall–Kier alpha value is -0.120. The van der Waals surface area contributed by atoms with Crippen molar-refractivity contribution < 1.29 is 9.47 Å². The first kappa shape index (κ1) is 15.9. The highest BCUT2D eigenvalue weighted by Gasteiger charge is 2.13. The Labute approximate surface area is 101 Å². The van der Waals surface area contributed by atoms with Crippen molar-refractivity contribution in [2.24, 2.45) is 5.92 Å². The fourth-order valence-corrected chi connectivity index (χ4v) is 1.79. The van der Waals surface area contributed by atoms with E-state index < -0.39 is 0 Å². The molecule has 0 aliphatic rings. The van der Waals surface area contributed by atoms with Crippen molar-refractivity contribution in [2.75, 3.05) is 33.5 Å². The Morgan fingerprint density at radius 3 is 2.44 bits per heavy atom. The Morgan fingerprint density at radius 1 is 1.12 bits per heavy atom. The van der Waals surface area contributed by atoms with Gasteiger partial charge in [-0.2, -0.15) is 0 Å². The minimum Gasteiger partial charge on any atom is -0.382 e. The lowest BCUT2D eigenvalue weighted by atomic mass is 9.96. The molecule has 3 heteroatoms. The molecule has 0 bridgehead atoms. The third-order valence-corrected chi connectivity index (χ3v) is 2.93. The van der Waals surface area contributed by atoms with E-state index in [-0.39, 0.29) is 0 Å². The first-order valence-corrected chi connectivity index (χ1v) is 6.56. The van der Waals surface area contributed by atoms with Crippen LogP contribution in [0.1, 0.15) is 40.0 Å². The maximum atomic E-state index is 5.49. The monoisotopic (exact) mass is 231 g/mol. The molecule has 0 heterocycles. The quantitative estimate of drug-likeness (QED) is 0.554. The SMILES string of the molecule is CCCNC(CC)C(C)CCOCCOC. The first-order valence-electron chi connectivity index (χ1n) is 6.56. The van der Waals surface area contributed by atoms with Gasteiger partial charge in [0.1, 0.15) is 0 Å². The standard InChI is InChI=1S/C13H29NO2/c1-5-8-14-13(6-2)12(3)7-9-16-11-10-15-4/h12-14H,5-11H2,1-4H3. The zero-order valence-electron chi connectivity index (χ0n) is 11.4. The summed E-state index contributed by atoms with van der Waals surface area (Å²) in [5.41, 5.74) is 0. The van der Waals surface area contributed by atoms with Gasteiger partial charge in [-0.3, -0.25) is 0 Å². The molecular weight excluding hydrogens is 202 g/mol. The van der Waals surface area contributed by atoms with Crippen molar-refractivity contribution in [1.82, 2.24) is 5.32 Å². The van der Waals surface area contributed by atoms with Crippen molar-refractivity contribution in [2.45, 2.75) is 46.1 Å². The Balaban J connectivity index is 3.54. The maximum absolute atomic E-state index is 5.49. The normalized spacial score (nSPS) is 15.0. The molecule has 2 unspecified atom stereocenters. The van der Waals surface area contributed by atoms with E-state index in [1.165, 1.54) is 12.8 Å². The van der Waals surface area contributed by atoms with E-state index in [1.54, 1.807) is 7.11 Å². The van der Waals surface area contributed by atoms with Gasteiger partial charge in [0.15, 0.2) is 0 Å². The summed E-state index contributed by atoms with van der Waals surface area (Å²) in [6.45, 7) is 10.1. The average Bonchev–Trinajstić information content (AvgIpc) is 2.30. The van der Waals surface area contributed by atoms with E-state index in [0.717, 1.165) is 19.6 Å². The molecule has 0 aliphatic carbocycles. The van der Waals surface area contributed by atoms with Crippen molar-refractivity contribution in [1.29, 1.82) is 0 Å². The summed E-state index contributed by atoms with van der Waals surface area (Å²) >= 11 is 0. The predicted octanol–water partition coefficient (Wildman–Crippen LogP) is 2.45. The fraction of sp³-hybridized carbons (Fsp3) is 1.00. The second-order valence-electron chi connectivity index (χ2n) is 4.34. The number of hydrogen-bond donors (Lipinski definition) is 1. The van der Waals surface area contributed by atoms with Gasteiger partial charge in [0.2, 0.25) is 0 Å². The van der Waals surface area contributed by atoms with E-state index >= 15 is 0 Å². The molecule has 0 radical (unpaired) electrons. The third kappa shape index (κ3) is 8.08. The largest absolute Gasteiger partial charge is 0.382 e. The fourth-order valence-electron chi connectivity index (χ4n) is 1.79. The second kappa shape index (κ2) is 11.4. The molecule has 0 spiro atoms. The lowest BCUT2D eigenvalue weighted by Gasteiger charge is -2.23. The van der Waals surface area contributed by atoms with Gasteiger partial charge in [-0.1, -0.05) is 20.8 Å². The Kier molecular flexibility index (Phi) is 11.3. The molecule has 0 amide bonds. The summed E-state index contributed by atoms with van der Waals surface area (Å²) in [6, 6.07) is 0.631. The van der Waals surface area contributed by atoms with Crippen LogP contribution in [0, 0.1) is 5.92 Å². The van der Waals surface area contributed by atoms with Gasteiger partial charge in [0.25, 0.3) is 0 Å². The van der Waals surface area contributed by atoms with Crippen molar-refractivity contribution in [3.8, 4) is 0 Å². The van der Waals surface area contributed by atoms with Crippen molar-refractivity contribution >= 4 is 0 Å². The van der Waals surface area contributed by atoms with Gasteiger partial charge in [-0.15, -0.1) is 0 Å². The molecule has 16 heavy (non-hydrogen) atoms. The van der Waals surface area contributed by atoms with Crippen LogP contribution in [0.5, 0.6) is 0 Å². The summed E-state index contributed by atoms with van der Waals surface area (Å²) in [5.74, 6) is 0.680. The average molecular weight is 231 g/mol. The first-order chi connectivity index (χ1) is 7.76. The molecular formula is C13H29NO2. The maximum Gasteiger partial charge on any atom is 0.0700 e. The molecule has 0 saturated carbocycles. The molecule has 0 fully saturated rings.